The summed E-state index contributed by atoms with van der Waals surface area (Å²) in [6, 6.07) is 3.92. The summed E-state index contributed by atoms with van der Waals surface area (Å²) in [7, 11) is 0. The molecule has 1 saturated heterocycles. The van der Waals surface area contributed by atoms with Crippen molar-refractivity contribution < 1.29 is 14.3 Å². The van der Waals surface area contributed by atoms with Gasteiger partial charge in [-0.1, -0.05) is 11.6 Å². The fourth-order valence-electron chi connectivity index (χ4n) is 2.63. The van der Waals surface area contributed by atoms with Crippen molar-refractivity contribution in [2.45, 2.75) is 31.8 Å². The van der Waals surface area contributed by atoms with E-state index in [4.69, 9.17) is 21.1 Å². The van der Waals surface area contributed by atoms with Gasteiger partial charge in [0.1, 0.15) is 0 Å². The van der Waals surface area contributed by atoms with Crippen LogP contribution in [0.3, 0.4) is 0 Å². The monoisotopic (exact) mass is 332 g/mol. The van der Waals surface area contributed by atoms with Crippen LogP contribution in [0.1, 0.15) is 30.1 Å². The molecule has 2 aliphatic rings. The molecule has 2 unspecified atom stereocenters. The minimum absolute atomic E-state index is 0. The second-order valence-electron chi connectivity index (χ2n) is 5.24. The van der Waals surface area contributed by atoms with Crippen LogP contribution in [0, 0.1) is 0 Å². The summed E-state index contributed by atoms with van der Waals surface area (Å²) < 4.78 is 10.5. The molecule has 116 valence electrons. The van der Waals surface area contributed by atoms with Crippen LogP contribution in [0.4, 0.5) is 0 Å². The first-order valence-corrected chi connectivity index (χ1v) is 7.14. The Morgan fingerprint density at radius 1 is 1.43 bits per heavy atom. The standard InChI is InChI=1S/C14H17ClN2O3.ClH/c1-8-4-10(2-3-16-8)17-14(18)9-5-11(15)13-12(6-9)19-7-20-13;/h5-6,8,10,16H,2-4,7H2,1H3,(H,17,18);1H. The largest absolute Gasteiger partial charge is 0.454 e. The van der Waals surface area contributed by atoms with E-state index >= 15 is 0 Å². The smallest absolute Gasteiger partial charge is 0.251 e. The molecule has 3 rings (SSSR count). The fraction of sp³-hybridized carbons (Fsp3) is 0.500. The van der Waals surface area contributed by atoms with Gasteiger partial charge in [0.2, 0.25) is 6.79 Å². The summed E-state index contributed by atoms with van der Waals surface area (Å²) in [4.78, 5) is 12.3. The first-order valence-electron chi connectivity index (χ1n) is 6.77. The van der Waals surface area contributed by atoms with Gasteiger partial charge < -0.3 is 20.1 Å². The molecular weight excluding hydrogens is 315 g/mol. The Labute approximate surface area is 134 Å². The van der Waals surface area contributed by atoms with E-state index in [1.54, 1.807) is 12.1 Å². The lowest BCUT2D eigenvalue weighted by Gasteiger charge is -2.28. The van der Waals surface area contributed by atoms with Crippen molar-refractivity contribution >= 4 is 29.9 Å². The van der Waals surface area contributed by atoms with Crippen molar-refractivity contribution in [2.75, 3.05) is 13.3 Å². The van der Waals surface area contributed by atoms with E-state index in [2.05, 4.69) is 17.6 Å². The van der Waals surface area contributed by atoms with Crippen LogP contribution in [-0.4, -0.2) is 31.3 Å². The first kappa shape index (κ1) is 16.2. The van der Waals surface area contributed by atoms with E-state index in [1.807, 2.05) is 0 Å². The average Bonchev–Trinajstić information content (AvgIpc) is 2.87. The van der Waals surface area contributed by atoms with Gasteiger partial charge in [0.15, 0.2) is 11.5 Å². The summed E-state index contributed by atoms with van der Waals surface area (Å²) in [5, 5.41) is 6.82. The van der Waals surface area contributed by atoms with Crippen LogP contribution >= 0.6 is 24.0 Å². The van der Waals surface area contributed by atoms with Crippen LogP contribution < -0.4 is 20.1 Å². The number of fused-ring (bicyclic) bond motifs is 1. The van der Waals surface area contributed by atoms with Crippen LogP contribution in [0.2, 0.25) is 5.02 Å². The van der Waals surface area contributed by atoms with Crippen molar-refractivity contribution in [3.63, 3.8) is 0 Å². The Hall–Kier alpha value is -1.17. The Morgan fingerprint density at radius 2 is 2.24 bits per heavy atom. The number of ether oxygens (including phenoxy) is 2. The van der Waals surface area contributed by atoms with Gasteiger partial charge in [0, 0.05) is 17.6 Å². The summed E-state index contributed by atoms with van der Waals surface area (Å²) in [5.41, 5.74) is 0.505. The van der Waals surface area contributed by atoms with E-state index in [-0.39, 0.29) is 31.1 Å². The third-order valence-corrected chi connectivity index (χ3v) is 3.93. The van der Waals surface area contributed by atoms with E-state index in [9.17, 15) is 4.79 Å². The third-order valence-electron chi connectivity index (χ3n) is 3.65. The number of carbonyl (C=O) groups excluding carboxylic acids is 1. The van der Waals surface area contributed by atoms with Gasteiger partial charge in [-0.3, -0.25) is 4.79 Å². The average molecular weight is 333 g/mol. The number of benzene rings is 1. The minimum Gasteiger partial charge on any atom is -0.454 e. The van der Waals surface area contributed by atoms with Crippen molar-refractivity contribution in [3.8, 4) is 11.5 Å². The van der Waals surface area contributed by atoms with Gasteiger partial charge in [-0.15, -0.1) is 12.4 Å². The zero-order valence-corrected chi connectivity index (χ0v) is 13.2. The zero-order chi connectivity index (χ0) is 14.1. The second kappa shape index (κ2) is 6.73. The highest BCUT2D eigenvalue weighted by atomic mass is 35.5. The molecule has 0 aromatic heterocycles. The molecule has 1 aromatic rings. The predicted octanol–water partition coefficient (Wildman–Crippen LogP) is 2.36. The number of carbonyl (C=O) groups is 1. The highest BCUT2D eigenvalue weighted by Gasteiger charge is 2.23. The molecule has 1 amide bonds. The molecule has 0 spiro atoms. The van der Waals surface area contributed by atoms with Gasteiger partial charge in [-0.05, 0) is 38.4 Å². The zero-order valence-electron chi connectivity index (χ0n) is 11.6. The lowest BCUT2D eigenvalue weighted by atomic mass is 10.0. The molecule has 5 nitrogen and oxygen atoms in total. The molecule has 7 heteroatoms. The lowest BCUT2D eigenvalue weighted by molar-refractivity contribution is 0.0925. The molecule has 2 atom stereocenters. The summed E-state index contributed by atoms with van der Waals surface area (Å²) in [6.07, 6.45) is 1.87. The maximum absolute atomic E-state index is 12.3. The number of amides is 1. The molecule has 21 heavy (non-hydrogen) atoms. The van der Waals surface area contributed by atoms with Gasteiger partial charge >= 0.3 is 0 Å². The number of piperidine rings is 1. The Kier molecular flexibility index (Phi) is 5.19. The summed E-state index contributed by atoms with van der Waals surface area (Å²) in [5.74, 6) is 0.921. The van der Waals surface area contributed by atoms with E-state index in [1.165, 1.54) is 0 Å². The lowest BCUT2D eigenvalue weighted by Crippen LogP contribution is -2.46. The number of halogens is 2. The molecule has 1 fully saturated rings. The SMILES string of the molecule is CC1CC(NC(=O)c2cc(Cl)c3c(c2)OCO3)CCN1.Cl. The van der Waals surface area contributed by atoms with Gasteiger partial charge in [0.05, 0.1) is 5.02 Å². The maximum Gasteiger partial charge on any atom is 0.251 e. The van der Waals surface area contributed by atoms with Crippen molar-refractivity contribution in [3.05, 3.63) is 22.7 Å². The number of hydrogen-bond acceptors (Lipinski definition) is 4. The highest BCUT2D eigenvalue weighted by Crippen LogP contribution is 2.39. The first-order chi connectivity index (χ1) is 9.63. The normalized spacial score (nSPS) is 23.3. The molecule has 0 radical (unpaired) electrons. The van der Waals surface area contributed by atoms with Gasteiger partial charge in [0.25, 0.3) is 5.91 Å². The minimum atomic E-state index is -0.121. The molecule has 2 N–H and O–H groups in total. The molecule has 0 saturated carbocycles. The van der Waals surface area contributed by atoms with Crippen molar-refractivity contribution in [2.24, 2.45) is 0 Å². The van der Waals surface area contributed by atoms with Crippen LogP contribution in [0.15, 0.2) is 12.1 Å². The van der Waals surface area contributed by atoms with Gasteiger partial charge in [-0.2, -0.15) is 0 Å². The Morgan fingerprint density at radius 3 is 3.00 bits per heavy atom. The van der Waals surface area contributed by atoms with E-state index < -0.39 is 0 Å². The highest BCUT2D eigenvalue weighted by molar-refractivity contribution is 6.32. The van der Waals surface area contributed by atoms with Crippen LogP contribution in [0.25, 0.3) is 0 Å². The van der Waals surface area contributed by atoms with E-state index in [0.717, 1.165) is 19.4 Å². The third kappa shape index (κ3) is 3.54. The molecular formula is C14H18Cl2N2O3. The molecule has 0 aliphatic carbocycles. The van der Waals surface area contributed by atoms with E-state index in [0.29, 0.717) is 28.1 Å². The molecule has 1 aromatic carbocycles. The summed E-state index contributed by atoms with van der Waals surface area (Å²) >= 11 is 6.09. The van der Waals surface area contributed by atoms with Crippen LogP contribution in [0.5, 0.6) is 11.5 Å². The second-order valence-corrected chi connectivity index (χ2v) is 5.65. The maximum atomic E-state index is 12.3. The topological polar surface area (TPSA) is 59.6 Å². The molecule has 2 heterocycles. The Bertz CT molecular complexity index is 539. The summed E-state index contributed by atoms with van der Waals surface area (Å²) in [6.45, 7) is 3.19. The molecule has 2 aliphatic heterocycles. The number of hydrogen-bond donors (Lipinski definition) is 2. The predicted molar refractivity (Wildman–Crippen MR) is 82.8 cm³/mol. The van der Waals surface area contributed by atoms with Crippen LogP contribution in [-0.2, 0) is 0 Å². The van der Waals surface area contributed by atoms with Crippen molar-refractivity contribution in [1.29, 1.82) is 0 Å². The Balaban J connectivity index is 0.00000161. The van der Waals surface area contributed by atoms with Gasteiger partial charge in [-0.25, -0.2) is 0 Å². The quantitative estimate of drug-likeness (QED) is 0.872. The number of rotatable bonds is 2. The van der Waals surface area contributed by atoms with Crippen molar-refractivity contribution in [1.82, 2.24) is 10.6 Å². The number of nitrogens with one attached hydrogen (secondary N) is 2. The molecule has 0 bridgehead atoms. The fourth-order valence-corrected chi connectivity index (χ4v) is 2.90.